The molecular formula is C25H27F4N3O3. The lowest BCUT2D eigenvalue weighted by atomic mass is 9.78. The summed E-state index contributed by atoms with van der Waals surface area (Å²) in [5, 5.41) is 5.21. The number of amides is 3. The summed E-state index contributed by atoms with van der Waals surface area (Å²) in [4.78, 5) is 37.8. The van der Waals surface area contributed by atoms with Crippen molar-refractivity contribution >= 4 is 23.4 Å². The Balaban J connectivity index is 1.82. The van der Waals surface area contributed by atoms with E-state index in [0.717, 1.165) is 17.0 Å². The van der Waals surface area contributed by atoms with Crippen LogP contribution in [0.2, 0.25) is 0 Å². The molecule has 0 spiro atoms. The number of carbonyl (C=O) groups excluding carboxylic acids is 3. The van der Waals surface area contributed by atoms with Crippen LogP contribution in [-0.4, -0.2) is 41.8 Å². The van der Waals surface area contributed by atoms with Gasteiger partial charge in [0, 0.05) is 42.7 Å². The molecule has 0 radical (unpaired) electrons. The van der Waals surface area contributed by atoms with Gasteiger partial charge in [0.1, 0.15) is 11.6 Å². The highest BCUT2D eigenvalue weighted by molar-refractivity contribution is 6.04. The molecule has 0 bridgehead atoms. The molecule has 0 aliphatic carbocycles. The van der Waals surface area contributed by atoms with Crippen LogP contribution in [0.15, 0.2) is 36.4 Å². The quantitative estimate of drug-likeness (QED) is 0.607. The summed E-state index contributed by atoms with van der Waals surface area (Å²) in [6.07, 6.45) is 0.260. The molecule has 0 saturated carbocycles. The molecule has 1 atom stereocenters. The number of aryl methyl sites for hydroxylation is 1. The predicted molar refractivity (Wildman–Crippen MR) is 122 cm³/mol. The number of hydrogen-bond donors (Lipinski definition) is 2. The Kier molecular flexibility index (Phi) is 7.23. The topological polar surface area (TPSA) is 78.5 Å². The second-order valence-corrected chi connectivity index (χ2v) is 9.44. The van der Waals surface area contributed by atoms with Crippen LogP contribution in [0, 0.1) is 24.0 Å². The number of anilines is 1. The van der Waals surface area contributed by atoms with Gasteiger partial charge in [0.2, 0.25) is 5.91 Å². The maximum absolute atomic E-state index is 15.2. The fourth-order valence-corrected chi connectivity index (χ4v) is 4.19. The number of benzene rings is 2. The van der Waals surface area contributed by atoms with Gasteiger partial charge >= 0.3 is 5.92 Å². The van der Waals surface area contributed by atoms with E-state index in [2.05, 4.69) is 10.6 Å². The Labute approximate surface area is 200 Å². The largest absolute Gasteiger partial charge is 0.353 e. The number of hydrogen-bond acceptors (Lipinski definition) is 3. The van der Waals surface area contributed by atoms with E-state index in [1.807, 2.05) is 0 Å². The molecule has 35 heavy (non-hydrogen) atoms. The van der Waals surface area contributed by atoms with Crippen LogP contribution in [0.25, 0.3) is 0 Å². The number of halogens is 4. The zero-order valence-corrected chi connectivity index (χ0v) is 19.8. The fraction of sp³-hybridized carbons (Fsp3) is 0.400. The third kappa shape index (κ3) is 5.63. The molecule has 10 heteroatoms. The molecular weight excluding hydrogens is 466 g/mol. The molecule has 1 aliphatic rings. The molecule has 1 heterocycles. The highest BCUT2D eigenvalue weighted by Crippen LogP contribution is 2.37. The summed E-state index contributed by atoms with van der Waals surface area (Å²) in [5.41, 5.74) is -1.70. The summed E-state index contributed by atoms with van der Waals surface area (Å²) < 4.78 is 58.4. The maximum atomic E-state index is 15.2. The van der Waals surface area contributed by atoms with Gasteiger partial charge in [-0.2, -0.15) is 8.78 Å². The second-order valence-electron chi connectivity index (χ2n) is 9.44. The average Bonchev–Trinajstić information content (AvgIpc) is 2.76. The highest BCUT2D eigenvalue weighted by Gasteiger charge is 2.49. The van der Waals surface area contributed by atoms with Gasteiger partial charge in [-0.25, -0.2) is 8.78 Å². The van der Waals surface area contributed by atoms with E-state index in [0.29, 0.717) is 12.1 Å². The van der Waals surface area contributed by atoms with Crippen molar-refractivity contribution < 1.29 is 31.9 Å². The molecule has 0 unspecified atom stereocenters. The van der Waals surface area contributed by atoms with Crippen molar-refractivity contribution in [1.82, 2.24) is 10.2 Å². The zero-order valence-electron chi connectivity index (χ0n) is 19.8. The van der Waals surface area contributed by atoms with Crippen LogP contribution in [0.3, 0.4) is 0 Å². The van der Waals surface area contributed by atoms with Crippen LogP contribution in [0.4, 0.5) is 23.2 Å². The minimum atomic E-state index is -4.23. The number of piperidine rings is 1. The first-order chi connectivity index (χ1) is 16.2. The SMILES string of the molecule is CC(=O)N[C@H]1CCN(C(=O)C(F)(F)c2cc(C(=O)Nc3ccc(F)c(C)c3)ccc2F)CC1(C)C. The van der Waals surface area contributed by atoms with Gasteiger partial charge in [-0.1, -0.05) is 13.8 Å². The molecule has 3 amide bonds. The van der Waals surface area contributed by atoms with Crippen LogP contribution < -0.4 is 10.6 Å². The molecule has 1 aliphatic heterocycles. The minimum absolute atomic E-state index is 0.0471. The number of rotatable bonds is 5. The normalized spacial score (nSPS) is 17.6. The van der Waals surface area contributed by atoms with Gasteiger partial charge in [-0.15, -0.1) is 0 Å². The Bertz CT molecular complexity index is 1170. The Morgan fingerprint density at radius 1 is 1.06 bits per heavy atom. The summed E-state index contributed by atoms with van der Waals surface area (Å²) in [5.74, 6) is -8.71. The van der Waals surface area contributed by atoms with Gasteiger partial charge in [-0.3, -0.25) is 14.4 Å². The highest BCUT2D eigenvalue weighted by atomic mass is 19.3. The van der Waals surface area contributed by atoms with Crippen LogP contribution in [0.5, 0.6) is 0 Å². The van der Waals surface area contributed by atoms with Gasteiger partial charge in [-0.05, 0) is 55.3 Å². The first-order valence-electron chi connectivity index (χ1n) is 11.0. The molecule has 1 fully saturated rings. The van der Waals surface area contributed by atoms with Gasteiger partial charge in [0.05, 0.1) is 5.56 Å². The smallest absolute Gasteiger partial charge is 0.352 e. The van der Waals surface area contributed by atoms with Crippen molar-refractivity contribution in [3.8, 4) is 0 Å². The van der Waals surface area contributed by atoms with Crippen molar-refractivity contribution in [3.63, 3.8) is 0 Å². The molecule has 188 valence electrons. The number of likely N-dealkylation sites (tertiary alicyclic amines) is 1. The standard InChI is InChI=1S/C25H27F4N3O3/c1-14-11-17(6-8-19(14)26)31-22(34)16-5-7-20(27)18(12-16)25(28,29)23(35)32-10-9-21(30-15(2)33)24(3,4)13-32/h5-8,11-12,21H,9-10,13H2,1-4H3,(H,30,33)(H,31,34)/t21-/m0/s1. The Morgan fingerprint density at radius 3 is 2.31 bits per heavy atom. The first kappa shape index (κ1) is 26.2. The molecule has 2 N–H and O–H groups in total. The third-order valence-corrected chi connectivity index (χ3v) is 6.15. The van der Waals surface area contributed by atoms with E-state index < -0.39 is 40.3 Å². The second kappa shape index (κ2) is 9.67. The van der Waals surface area contributed by atoms with Gasteiger partial charge in [0.25, 0.3) is 11.8 Å². The van der Waals surface area contributed by atoms with Crippen LogP contribution in [-0.2, 0) is 15.5 Å². The van der Waals surface area contributed by atoms with Crippen molar-refractivity contribution in [2.24, 2.45) is 5.41 Å². The zero-order chi connectivity index (χ0) is 26.1. The summed E-state index contributed by atoms with van der Waals surface area (Å²) in [6, 6.07) is 5.87. The summed E-state index contributed by atoms with van der Waals surface area (Å²) in [7, 11) is 0. The van der Waals surface area contributed by atoms with E-state index in [1.54, 1.807) is 13.8 Å². The van der Waals surface area contributed by atoms with Gasteiger partial charge in [0.15, 0.2) is 0 Å². The van der Waals surface area contributed by atoms with E-state index in [-0.39, 0.29) is 48.3 Å². The Morgan fingerprint density at radius 2 is 1.71 bits per heavy atom. The number of alkyl halides is 2. The van der Waals surface area contributed by atoms with Crippen molar-refractivity contribution in [3.05, 3.63) is 64.7 Å². The predicted octanol–water partition coefficient (Wildman–Crippen LogP) is 4.38. The van der Waals surface area contributed by atoms with E-state index in [9.17, 15) is 23.2 Å². The van der Waals surface area contributed by atoms with E-state index >= 15 is 8.78 Å². The first-order valence-corrected chi connectivity index (χ1v) is 11.0. The lowest BCUT2D eigenvalue weighted by Crippen LogP contribution is -2.58. The molecule has 2 aromatic carbocycles. The third-order valence-electron chi connectivity index (χ3n) is 6.15. The number of nitrogens with zero attached hydrogens (tertiary/aromatic N) is 1. The van der Waals surface area contributed by atoms with Crippen molar-refractivity contribution in [2.75, 3.05) is 18.4 Å². The van der Waals surface area contributed by atoms with Crippen molar-refractivity contribution in [1.29, 1.82) is 0 Å². The Hall–Kier alpha value is -3.43. The average molecular weight is 494 g/mol. The van der Waals surface area contributed by atoms with E-state index in [1.165, 1.54) is 26.0 Å². The molecule has 6 nitrogen and oxygen atoms in total. The lowest BCUT2D eigenvalue weighted by Gasteiger charge is -2.45. The van der Waals surface area contributed by atoms with Gasteiger partial charge < -0.3 is 15.5 Å². The monoisotopic (exact) mass is 493 g/mol. The number of nitrogens with one attached hydrogen (secondary N) is 2. The molecule has 1 saturated heterocycles. The maximum Gasteiger partial charge on any atom is 0.352 e. The summed E-state index contributed by atoms with van der Waals surface area (Å²) >= 11 is 0. The van der Waals surface area contributed by atoms with Crippen LogP contribution in [0.1, 0.15) is 48.7 Å². The minimum Gasteiger partial charge on any atom is -0.353 e. The summed E-state index contributed by atoms with van der Waals surface area (Å²) in [6.45, 7) is 6.22. The molecule has 3 rings (SSSR count). The van der Waals surface area contributed by atoms with Crippen LogP contribution >= 0.6 is 0 Å². The number of carbonyl (C=O) groups is 3. The molecule has 2 aromatic rings. The lowest BCUT2D eigenvalue weighted by molar-refractivity contribution is -0.163. The fourth-order valence-electron chi connectivity index (χ4n) is 4.19. The van der Waals surface area contributed by atoms with E-state index in [4.69, 9.17) is 0 Å². The molecule has 0 aromatic heterocycles. The van der Waals surface area contributed by atoms with Crippen molar-refractivity contribution in [2.45, 2.75) is 46.1 Å².